The molecule has 2 aliphatic carbocycles. The van der Waals surface area contributed by atoms with Crippen LogP contribution in [0.2, 0.25) is 0 Å². The van der Waals surface area contributed by atoms with Crippen LogP contribution in [-0.2, 0) is 4.74 Å². The molecule has 0 bridgehead atoms. The number of ether oxygens (including phenoxy) is 2. The summed E-state index contributed by atoms with van der Waals surface area (Å²) in [5, 5.41) is 0. The molecule has 0 spiro atoms. The summed E-state index contributed by atoms with van der Waals surface area (Å²) in [6.45, 7) is 7.14. The minimum absolute atomic E-state index is 0.0287. The van der Waals surface area contributed by atoms with Crippen LogP contribution in [0.1, 0.15) is 89.2 Å². The molecular weight excluding hydrogens is 478 g/mol. The van der Waals surface area contributed by atoms with Crippen LogP contribution in [0, 0.1) is 41.2 Å². The van der Waals surface area contributed by atoms with Crippen molar-refractivity contribution in [3.8, 4) is 16.9 Å². The fraction of sp³-hybridized carbons (Fsp3) is 0.588. The standard InChI is InChI=1S/C34H44F2O2/c1-3-21-37-32-20-18-30(33(35)34(32)36)27-13-15-28(16-14-27)31-19-17-29(22-38-31)26-11-9-25(10-12-26)24-7-5-23(4-2)6-8-24/h4,13-16,18,20,23-26,29,31H,2-3,5-12,17,19,21-22H2,1H3. The highest BCUT2D eigenvalue weighted by molar-refractivity contribution is 5.65. The van der Waals surface area contributed by atoms with Gasteiger partial charge in [-0.15, -0.1) is 6.58 Å². The molecule has 4 heteroatoms. The Kier molecular flexibility index (Phi) is 9.20. The lowest BCUT2D eigenvalue weighted by Gasteiger charge is -2.41. The molecule has 0 amide bonds. The van der Waals surface area contributed by atoms with Gasteiger partial charge in [0.25, 0.3) is 0 Å². The van der Waals surface area contributed by atoms with E-state index in [2.05, 4.69) is 12.7 Å². The largest absolute Gasteiger partial charge is 0.490 e. The second-order valence-electron chi connectivity index (χ2n) is 12.0. The topological polar surface area (TPSA) is 18.5 Å². The van der Waals surface area contributed by atoms with Crippen LogP contribution in [0.25, 0.3) is 11.1 Å². The molecule has 0 N–H and O–H groups in total. The van der Waals surface area contributed by atoms with Gasteiger partial charge in [-0.1, -0.05) is 37.3 Å². The third-order valence-corrected chi connectivity index (χ3v) is 9.71. The van der Waals surface area contributed by atoms with E-state index in [0.717, 1.165) is 48.7 Å². The SMILES string of the molecule is C=CC1CCC(C2CCC(C3CCC(c4ccc(-c5ccc(OCCC)c(F)c5F)cc4)OC3)CC2)CC1. The van der Waals surface area contributed by atoms with E-state index in [0.29, 0.717) is 18.1 Å². The zero-order valence-corrected chi connectivity index (χ0v) is 23.0. The number of hydrogen-bond donors (Lipinski definition) is 0. The molecule has 38 heavy (non-hydrogen) atoms. The molecule has 3 aliphatic rings. The zero-order chi connectivity index (χ0) is 26.5. The number of hydrogen-bond acceptors (Lipinski definition) is 2. The van der Waals surface area contributed by atoms with Crippen LogP contribution in [0.3, 0.4) is 0 Å². The lowest BCUT2D eigenvalue weighted by molar-refractivity contribution is -0.0420. The fourth-order valence-electron chi connectivity index (χ4n) is 7.30. The summed E-state index contributed by atoms with van der Waals surface area (Å²) < 4.78 is 40.9. The molecular formula is C34H44F2O2. The molecule has 2 nitrogen and oxygen atoms in total. The summed E-state index contributed by atoms with van der Waals surface area (Å²) in [6.07, 6.45) is 16.3. The Labute approximate surface area is 227 Å². The lowest BCUT2D eigenvalue weighted by Crippen LogP contribution is -2.32. The van der Waals surface area contributed by atoms with Crippen molar-refractivity contribution in [2.75, 3.05) is 13.2 Å². The predicted octanol–water partition coefficient (Wildman–Crippen LogP) is 9.69. The van der Waals surface area contributed by atoms with Gasteiger partial charge in [0.2, 0.25) is 5.82 Å². The summed E-state index contributed by atoms with van der Waals surface area (Å²) in [6, 6.07) is 10.9. The average molecular weight is 523 g/mol. The molecule has 3 fully saturated rings. The lowest BCUT2D eigenvalue weighted by atomic mass is 9.67. The molecule has 2 saturated carbocycles. The molecule has 1 saturated heterocycles. The van der Waals surface area contributed by atoms with Crippen LogP contribution in [-0.4, -0.2) is 13.2 Å². The van der Waals surface area contributed by atoms with Crippen molar-refractivity contribution in [2.24, 2.45) is 29.6 Å². The molecule has 2 aromatic rings. The van der Waals surface area contributed by atoms with Crippen molar-refractivity contribution in [1.29, 1.82) is 0 Å². The monoisotopic (exact) mass is 522 g/mol. The Morgan fingerprint density at radius 2 is 1.39 bits per heavy atom. The highest BCUT2D eigenvalue weighted by Crippen LogP contribution is 2.45. The summed E-state index contributed by atoms with van der Waals surface area (Å²) in [7, 11) is 0. The van der Waals surface area contributed by atoms with Crippen molar-refractivity contribution in [3.63, 3.8) is 0 Å². The Morgan fingerprint density at radius 3 is 1.97 bits per heavy atom. The second-order valence-corrected chi connectivity index (χ2v) is 12.0. The van der Waals surface area contributed by atoms with Gasteiger partial charge in [-0.3, -0.25) is 0 Å². The maximum atomic E-state index is 14.7. The molecule has 2 atom stereocenters. The van der Waals surface area contributed by atoms with Gasteiger partial charge in [0.05, 0.1) is 19.3 Å². The van der Waals surface area contributed by atoms with Crippen molar-refractivity contribution in [2.45, 2.75) is 83.7 Å². The maximum absolute atomic E-state index is 14.7. The Hall–Kier alpha value is -2.20. The molecule has 5 rings (SSSR count). The van der Waals surface area contributed by atoms with Gasteiger partial charge >= 0.3 is 0 Å². The van der Waals surface area contributed by atoms with E-state index in [1.165, 1.54) is 63.9 Å². The summed E-state index contributed by atoms with van der Waals surface area (Å²) >= 11 is 0. The van der Waals surface area contributed by atoms with E-state index < -0.39 is 11.6 Å². The number of rotatable bonds is 8. The van der Waals surface area contributed by atoms with Crippen molar-refractivity contribution >= 4 is 0 Å². The van der Waals surface area contributed by atoms with Crippen LogP contribution in [0.5, 0.6) is 5.75 Å². The maximum Gasteiger partial charge on any atom is 0.201 e. The van der Waals surface area contributed by atoms with Gasteiger partial charge in [0.15, 0.2) is 11.6 Å². The molecule has 0 aromatic heterocycles. The third kappa shape index (κ3) is 6.17. The van der Waals surface area contributed by atoms with E-state index in [-0.39, 0.29) is 17.4 Å². The summed E-state index contributed by atoms with van der Waals surface area (Å²) in [5.74, 6) is 2.31. The van der Waals surface area contributed by atoms with Crippen molar-refractivity contribution in [3.05, 3.63) is 66.3 Å². The highest BCUT2D eigenvalue weighted by atomic mass is 19.2. The first kappa shape index (κ1) is 27.4. The van der Waals surface area contributed by atoms with E-state index in [4.69, 9.17) is 9.47 Å². The minimum Gasteiger partial charge on any atom is -0.490 e. The zero-order valence-electron chi connectivity index (χ0n) is 23.0. The quantitative estimate of drug-likeness (QED) is 0.321. The van der Waals surface area contributed by atoms with E-state index >= 15 is 0 Å². The highest BCUT2D eigenvalue weighted by Gasteiger charge is 2.35. The molecule has 0 radical (unpaired) electrons. The van der Waals surface area contributed by atoms with Crippen LogP contribution in [0.4, 0.5) is 8.78 Å². The van der Waals surface area contributed by atoms with E-state index in [9.17, 15) is 8.78 Å². The van der Waals surface area contributed by atoms with E-state index in [1.54, 1.807) is 6.07 Å². The number of allylic oxidation sites excluding steroid dienone is 1. The summed E-state index contributed by atoms with van der Waals surface area (Å²) in [5.41, 5.74) is 2.04. The first-order valence-corrected chi connectivity index (χ1v) is 15.0. The minimum atomic E-state index is -0.921. The molecule has 2 unspecified atom stereocenters. The van der Waals surface area contributed by atoms with Crippen LogP contribution < -0.4 is 4.74 Å². The Balaban J connectivity index is 1.11. The first-order chi connectivity index (χ1) is 18.6. The smallest absolute Gasteiger partial charge is 0.201 e. The fourth-order valence-corrected chi connectivity index (χ4v) is 7.30. The van der Waals surface area contributed by atoms with Crippen molar-refractivity contribution in [1.82, 2.24) is 0 Å². The second kappa shape index (κ2) is 12.8. The number of halogens is 2. The Bertz CT molecular complexity index is 1040. The molecule has 1 heterocycles. The Morgan fingerprint density at radius 1 is 0.789 bits per heavy atom. The van der Waals surface area contributed by atoms with Gasteiger partial charge in [-0.05, 0) is 123 Å². The number of benzene rings is 2. The molecule has 2 aromatic carbocycles. The third-order valence-electron chi connectivity index (χ3n) is 9.71. The molecule has 1 aliphatic heterocycles. The van der Waals surface area contributed by atoms with Crippen LogP contribution >= 0.6 is 0 Å². The van der Waals surface area contributed by atoms with Crippen LogP contribution in [0.15, 0.2) is 49.1 Å². The summed E-state index contributed by atoms with van der Waals surface area (Å²) in [4.78, 5) is 0. The van der Waals surface area contributed by atoms with Gasteiger partial charge in [-0.2, -0.15) is 4.39 Å². The van der Waals surface area contributed by atoms with Gasteiger partial charge < -0.3 is 9.47 Å². The van der Waals surface area contributed by atoms with Gasteiger partial charge in [-0.25, -0.2) is 4.39 Å². The first-order valence-electron chi connectivity index (χ1n) is 15.0. The van der Waals surface area contributed by atoms with Gasteiger partial charge in [0, 0.05) is 5.56 Å². The molecule has 206 valence electrons. The van der Waals surface area contributed by atoms with Gasteiger partial charge in [0.1, 0.15) is 0 Å². The van der Waals surface area contributed by atoms with E-state index in [1.807, 2.05) is 31.2 Å². The normalized spacial score (nSPS) is 30.1. The average Bonchev–Trinajstić information content (AvgIpc) is 2.98. The predicted molar refractivity (Wildman–Crippen MR) is 150 cm³/mol. The van der Waals surface area contributed by atoms with Crippen molar-refractivity contribution < 1.29 is 18.3 Å².